The molecule has 1 amide bonds. The van der Waals surface area contributed by atoms with Crippen LogP contribution < -0.4 is 10.2 Å². The molecule has 0 aliphatic rings. The van der Waals surface area contributed by atoms with Crippen LogP contribution in [0.15, 0.2) is 42.7 Å². The van der Waals surface area contributed by atoms with Crippen LogP contribution in [0.3, 0.4) is 0 Å². The maximum Gasteiger partial charge on any atom is 0.273 e. The summed E-state index contributed by atoms with van der Waals surface area (Å²) < 4.78 is 19.9. The molecule has 0 saturated carbocycles. The number of methoxy groups -OCH3 is 1. The van der Waals surface area contributed by atoms with Crippen LogP contribution in [0.2, 0.25) is 0 Å². The highest BCUT2D eigenvalue weighted by Gasteiger charge is 2.12. The van der Waals surface area contributed by atoms with E-state index in [0.717, 1.165) is 0 Å². The number of hydrogen-bond donors (Lipinski definition) is 1. The molecule has 1 aromatic carbocycles. The quantitative estimate of drug-likeness (QED) is 0.882. The summed E-state index contributed by atoms with van der Waals surface area (Å²) in [5.41, 5.74) is 2.49. The average Bonchev–Trinajstić information content (AvgIpc) is 2.81. The molecule has 0 unspecified atom stereocenters. The fraction of sp³-hybridized carbons (Fsp3) is 0.0833. The smallest absolute Gasteiger partial charge is 0.273 e. The first kappa shape index (κ1) is 11.2. The molecular formula is C12H11FN2O2. The summed E-state index contributed by atoms with van der Waals surface area (Å²) in [5.74, 6) is -0.754. The summed E-state index contributed by atoms with van der Waals surface area (Å²) >= 11 is 0. The number of rotatable bonds is 3. The van der Waals surface area contributed by atoms with E-state index in [1.807, 2.05) is 0 Å². The molecule has 0 spiro atoms. The summed E-state index contributed by atoms with van der Waals surface area (Å²) in [6.07, 6.45) is 3.30. The first-order valence-corrected chi connectivity index (χ1v) is 4.98. The van der Waals surface area contributed by atoms with Crippen molar-refractivity contribution in [3.63, 3.8) is 0 Å². The molecule has 1 heterocycles. The zero-order valence-electron chi connectivity index (χ0n) is 9.18. The highest BCUT2D eigenvalue weighted by atomic mass is 19.1. The highest BCUT2D eigenvalue weighted by Crippen LogP contribution is 2.16. The summed E-state index contributed by atoms with van der Waals surface area (Å²) in [6, 6.07) is 7.60. The number of nitrogens with one attached hydrogen (secondary N) is 1. The topological polar surface area (TPSA) is 43.3 Å². The number of halogens is 1. The van der Waals surface area contributed by atoms with Gasteiger partial charge in [0.15, 0.2) is 0 Å². The summed E-state index contributed by atoms with van der Waals surface area (Å²) in [7, 11) is 1.44. The average molecular weight is 234 g/mol. The van der Waals surface area contributed by atoms with E-state index in [1.165, 1.54) is 30.0 Å². The van der Waals surface area contributed by atoms with Gasteiger partial charge in [0.1, 0.15) is 11.6 Å². The number of carbonyl (C=O) groups is 1. The Morgan fingerprint density at radius 1 is 1.35 bits per heavy atom. The zero-order valence-corrected chi connectivity index (χ0v) is 9.18. The van der Waals surface area contributed by atoms with E-state index in [1.54, 1.807) is 24.5 Å². The summed E-state index contributed by atoms with van der Waals surface area (Å²) in [4.78, 5) is 11.7. The van der Waals surface area contributed by atoms with Gasteiger partial charge in [0.05, 0.1) is 12.7 Å². The Morgan fingerprint density at radius 2 is 2.06 bits per heavy atom. The molecule has 1 aromatic heterocycles. The van der Waals surface area contributed by atoms with E-state index in [9.17, 15) is 9.18 Å². The molecule has 2 aromatic rings. The normalized spacial score (nSPS) is 10.0. The Labute approximate surface area is 97.6 Å². The van der Waals surface area contributed by atoms with Crippen molar-refractivity contribution in [1.29, 1.82) is 0 Å². The molecule has 5 heteroatoms. The van der Waals surface area contributed by atoms with Gasteiger partial charge in [-0.25, -0.2) is 4.39 Å². The molecule has 2 rings (SSSR count). The predicted octanol–water partition coefficient (Wildman–Crippen LogP) is 2.02. The van der Waals surface area contributed by atoms with E-state index in [-0.39, 0.29) is 5.56 Å². The Morgan fingerprint density at radius 3 is 2.65 bits per heavy atom. The van der Waals surface area contributed by atoms with E-state index >= 15 is 0 Å². The SMILES string of the molecule is COc1ccc(C(=O)Nn2cccc2)c(F)c1. The van der Waals surface area contributed by atoms with Crippen molar-refractivity contribution in [2.45, 2.75) is 0 Å². The Bertz CT molecular complexity index is 523. The molecule has 1 N–H and O–H groups in total. The summed E-state index contributed by atoms with van der Waals surface area (Å²) in [5, 5.41) is 0. The predicted molar refractivity (Wildman–Crippen MR) is 61.1 cm³/mol. The third kappa shape index (κ3) is 2.44. The lowest BCUT2D eigenvalue weighted by Gasteiger charge is -2.07. The number of carbonyl (C=O) groups excluding carboxylic acids is 1. The summed E-state index contributed by atoms with van der Waals surface area (Å²) in [6.45, 7) is 0. The van der Waals surface area contributed by atoms with Crippen molar-refractivity contribution in [2.75, 3.05) is 12.5 Å². The maximum absolute atomic E-state index is 13.6. The van der Waals surface area contributed by atoms with Crippen molar-refractivity contribution in [2.24, 2.45) is 0 Å². The van der Waals surface area contributed by atoms with Gasteiger partial charge in [-0.1, -0.05) is 0 Å². The third-order valence-electron chi connectivity index (χ3n) is 2.26. The molecule has 4 nitrogen and oxygen atoms in total. The number of amides is 1. The number of benzene rings is 1. The minimum Gasteiger partial charge on any atom is -0.497 e. The molecule has 0 fully saturated rings. The van der Waals surface area contributed by atoms with E-state index in [4.69, 9.17) is 4.74 Å². The van der Waals surface area contributed by atoms with Crippen LogP contribution >= 0.6 is 0 Å². The number of ether oxygens (including phenoxy) is 1. The Hall–Kier alpha value is -2.30. The van der Waals surface area contributed by atoms with Crippen molar-refractivity contribution in [3.05, 3.63) is 54.1 Å². The molecule has 0 saturated heterocycles. The van der Waals surface area contributed by atoms with Gasteiger partial charge in [-0.2, -0.15) is 0 Å². The van der Waals surface area contributed by atoms with Crippen molar-refractivity contribution in [1.82, 2.24) is 4.68 Å². The second-order valence-electron chi connectivity index (χ2n) is 3.38. The Balaban J connectivity index is 2.19. The standard InChI is InChI=1S/C12H11FN2O2/c1-17-9-4-5-10(11(13)8-9)12(16)14-15-6-2-3-7-15/h2-8H,1H3,(H,14,16). The highest BCUT2D eigenvalue weighted by molar-refractivity contribution is 6.00. The first-order valence-electron chi connectivity index (χ1n) is 4.98. The fourth-order valence-corrected chi connectivity index (χ4v) is 1.39. The Kier molecular flexibility index (Phi) is 3.09. The van der Waals surface area contributed by atoms with Crippen LogP contribution in [0.4, 0.5) is 4.39 Å². The molecule has 0 bridgehead atoms. The lowest BCUT2D eigenvalue weighted by Crippen LogP contribution is -2.22. The maximum atomic E-state index is 13.6. The number of nitrogens with zero attached hydrogens (tertiary/aromatic N) is 1. The molecule has 88 valence electrons. The zero-order chi connectivity index (χ0) is 12.3. The lowest BCUT2D eigenvalue weighted by molar-refractivity contribution is 0.100. The molecular weight excluding hydrogens is 223 g/mol. The van der Waals surface area contributed by atoms with E-state index in [2.05, 4.69) is 5.43 Å². The van der Waals surface area contributed by atoms with Crippen molar-refractivity contribution in [3.8, 4) is 5.75 Å². The van der Waals surface area contributed by atoms with Crippen LogP contribution in [0.1, 0.15) is 10.4 Å². The van der Waals surface area contributed by atoms with Gasteiger partial charge in [0.2, 0.25) is 0 Å². The molecule has 17 heavy (non-hydrogen) atoms. The van der Waals surface area contributed by atoms with Gasteiger partial charge in [-0.15, -0.1) is 0 Å². The third-order valence-corrected chi connectivity index (χ3v) is 2.26. The molecule has 0 aliphatic heterocycles. The van der Waals surface area contributed by atoms with Crippen LogP contribution in [0.5, 0.6) is 5.75 Å². The van der Waals surface area contributed by atoms with Crippen molar-refractivity contribution < 1.29 is 13.9 Å². The monoisotopic (exact) mass is 234 g/mol. The first-order chi connectivity index (χ1) is 8.20. The van der Waals surface area contributed by atoms with Gasteiger partial charge >= 0.3 is 0 Å². The number of hydrogen-bond acceptors (Lipinski definition) is 2. The minimum absolute atomic E-state index is 0.0282. The molecule has 0 radical (unpaired) electrons. The van der Waals surface area contributed by atoms with Crippen LogP contribution in [-0.2, 0) is 0 Å². The van der Waals surface area contributed by atoms with E-state index < -0.39 is 11.7 Å². The fourth-order valence-electron chi connectivity index (χ4n) is 1.39. The van der Waals surface area contributed by atoms with Gasteiger partial charge in [0.25, 0.3) is 5.91 Å². The largest absolute Gasteiger partial charge is 0.497 e. The van der Waals surface area contributed by atoms with Gasteiger partial charge in [-0.3, -0.25) is 14.9 Å². The van der Waals surface area contributed by atoms with Crippen LogP contribution in [-0.4, -0.2) is 17.7 Å². The minimum atomic E-state index is -0.617. The van der Waals surface area contributed by atoms with Gasteiger partial charge in [-0.05, 0) is 24.3 Å². The van der Waals surface area contributed by atoms with Crippen LogP contribution in [0.25, 0.3) is 0 Å². The lowest BCUT2D eigenvalue weighted by atomic mass is 10.2. The van der Waals surface area contributed by atoms with E-state index in [0.29, 0.717) is 5.75 Å². The molecule has 0 atom stereocenters. The van der Waals surface area contributed by atoms with Gasteiger partial charge in [0, 0.05) is 18.5 Å². The second-order valence-corrected chi connectivity index (χ2v) is 3.38. The van der Waals surface area contributed by atoms with Crippen LogP contribution in [0, 0.1) is 5.82 Å². The number of aromatic nitrogens is 1. The second kappa shape index (κ2) is 4.69. The van der Waals surface area contributed by atoms with Crippen molar-refractivity contribution >= 4 is 5.91 Å². The molecule has 0 aliphatic carbocycles. The van der Waals surface area contributed by atoms with Gasteiger partial charge < -0.3 is 4.74 Å².